The van der Waals surface area contributed by atoms with Gasteiger partial charge in [-0.25, -0.2) is 9.78 Å². The molecule has 3 aromatic heterocycles. The van der Waals surface area contributed by atoms with Crippen molar-refractivity contribution in [2.75, 3.05) is 13.2 Å². The van der Waals surface area contributed by atoms with Crippen LogP contribution >= 0.6 is 22.7 Å². The lowest BCUT2D eigenvalue weighted by molar-refractivity contribution is -0.254. The maximum atomic E-state index is 15.2. The fourth-order valence-electron chi connectivity index (χ4n) is 4.79. The van der Waals surface area contributed by atoms with Crippen LogP contribution in [0.2, 0.25) is 0 Å². The van der Waals surface area contributed by atoms with E-state index in [1.54, 1.807) is 30.3 Å². The molecule has 1 aliphatic rings. The van der Waals surface area contributed by atoms with E-state index in [1.165, 1.54) is 37.6 Å². The van der Waals surface area contributed by atoms with Crippen molar-refractivity contribution >= 4 is 39.8 Å². The average molecular weight is 640 g/mol. The topological polar surface area (TPSA) is 68.7 Å². The molecule has 3 heterocycles. The Labute approximate surface area is 250 Å². The second-order valence-electron chi connectivity index (χ2n) is 9.68. The summed E-state index contributed by atoms with van der Waals surface area (Å²) in [6.07, 6.45) is 1.73. The van der Waals surface area contributed by atoms with E-state index in [4.69, 9.17) is 9.47 Å². The molecule has 0 bridgehead atoms. The van der Waals surface area contributed by atoms with Crippen LogP contribution in [-0.4, -0.2) is 47.0 Å². The van der Waals surface area contributed by atoms with Crippen molar-refractivity contribution in [3.63, 3.8) is 0 Å². The third kappa shape index (κ3) is 5.29. The summed E-state index contributed by atoms with van der Waals surface area (Å²) in [6, 6.07) is 12.0. The minimum absolute atomic E-state index is 0.122. The van der Waals surface area contributed by atoms with Crippen LogP contribution in [0.1, 0.15) is 37.8 Å². The zero-order chi connectivity index (χ0) is 31.2. The number of halogens is 6. The van der Waals surface area contributed by atoms with Crippen LogP contribution in [0.4, 0.5) is 26.3 Å². The second-order valence-corrected chi connectivity index (χ2v) is 12.1. The fraction of sp³-hybridized carbons (Fsp3) is 0.267. The number of nitrogens with zero attached hydrogens (tertiary/aromatic N) is 1. The van der Waals surface area contributed by atoms with Gasteiger partial charge in [0.05, 0.1) is 13.2 Å². The Balaban J connectivity index is 1.37. The Kier molecular flexibility index (Phi) is 8.07. The van der Waals surface area contributed by atoms with E-state index in [0.29, 0.717) is 22.6 Å². The molecule has 1 N–H and O–H groups in total. The molecule has 226 valence electrons. The highest BCUT2D eigenvalue weighted by Gasteiger charge is 2.80. The number of alkyl halides is 6. The van der Waals surface area contributed by atoms with Crippen molar-refractivity contribution < 1.29 is 45.7 Å². The van der Waals surface area contributed by atoms with Crippen LogP contribution in [0.5, 0.6) is 11.5 Å². The lowest BCUT2D eigenvalue weighted by Gasteiger charge is -2.25. The lowest BCUT2D eigenvalue weighted by atomic mass is 9.95. The molecule has 0 radical (unpaired) electrons. The lowest BCUT2D eigenvalue weighted by Crippen LogP contribution is -2.48. The van der Waals surface area contributed by atoms with Gasteiger partial charge in [-0.05, 0) is 72.3 Å². The van der Waals surface area contributed by atoms with E-state index in [-0.39, 0.29) is 45.5 Å². The number of carbonyl (C=O) groups is 1. The number of hydrogen-bond donors (Lipinski definition) is 1. The van der Waals surface area contributed by atoms with Crippen molar-refractivity contribution in [1.82, 2.24) is 4.98 Å². The minimum atomic E-state index is -5.61. The van der Waals surface area contributed by atoms with Gasteiger partial charge in [0, 0.05) is 38.4 Å². The number of carboxylic acids is 1. The molecule has 1 aromatic carbocycles. The number of hydrogen-bond acceptors (Lipinski definition) is 6. The first-order valence-electron chi connectivity index (χ1n) is 12.9. The summed E-state index contributed by atoms with van der Waals surface area (Å²) >= 11 is 2.02. The van der Waals surface area contributed by atoms with Crippen LogP contribution in [0, 0.1) is 13.8 Å². The molecule has 0 aliphatic heterocycles. The summed E-state index contributed by atoms with van der Waals surface area (Å²) in [5.74, 6) is -16.5. The molecule has 43 heavy (non-hydrogen) atoms. The van der Waals surface area contributed by atoms with Crippen LogP contribution in [0.25, 0.3) is 21.6 Å². The predicted octanol–water partition coefficient (Wildman–Crippen LogP) is 8.86. The summed E-state index contributed by atoms with van der Waals surface area (Å²) in [6.45, 7) is 3.18. The van der Waals surface area contributed by atoms with E-state index < -0.39 is 34.9 Å². The number of aromatic carboxylic acids is 1. The van der Waals surface area contributed by atoms with Crippen molar-refractivity contribution in [3.8, 4) is 21.9 Å². The number of carboxylic acid groups (broad SMARTS) is 1. The molecule has 0 atom stereocenters. The molecule has 1 aliphatic carbocycles. The maximum Gasteiger partial charge on any atom is 0.380 e. The highest BCUT2D eigenvalue weighted by molar-refractivity contribution is 7.15. The molecule has 0 saturated heterocycles. The number of allylic oxidation sites excluding steroid dienone is 2. The molecule has 4 aromatic rings. The van der Waals surface area contributed by atoms with E-state index in [0.717, 1.165) is 28.7 Å². The second kappa shape index (κ2) is 11.3. The molecule has 0 fully saturated rings. The van der Waals surface area contributed by atoms with Crippen LogP contribution < -0.4 is 9.47 Å². The molecule has 5 nitrogen and oxygen atoms in total. The molecule has 0 spiro atoms. The minimum Gasteiger partial charge on any atom is -0.493 e. The van der Waals surface area contributed by atoms with E-state index in [9.17, 15) is 18.7 Å². The number of thiophene rings is 2. The average Bonchev–Trinajstić information content (AvgIpc) is 3.58. The number of pyridine rings is 1. The summed E-state index contributed by atoms with van der Waals surface area (Å²) in [5.41, 5.74) is -3.09. The highest BCUT2D eigenvalue weighted by Crippen LogP contribution is 2.65. The van der Waals surface area contributed by atoms with Gasteiger partial charge < -0.3 is 14.6 Å². The first kappa shape index (κ1) is 30.6. The van der Waals surface area contributed by atoms with Crippen molar-refractivity contribution in [3.05, 3.63) is 86.7 Å². The predicted molar refractivity (Wildman–Crippen MR) is 152 cm³/mol. The van der Waals surface area contributed by atoms with Gasteiger partial charge >= 0.3 is 23.7 Å². The third-order valence-corrected chi connectivity index (χ3v) is 8.83. The van der Waals surface area contributed by atoms with Gasteiger partial charge in [-0.1, -0.05) is 12.1 Å². The summed E-state index contributed by atoms with van der Waals surface area (Å²) in [5, 5.41) is 10.6. The Bertz CT molecular complexity index is 1710. The van der Waals surface area contributed by atoms with E-state index in [1.807, 2.05) is 0 Å². The van der Waals surface area contributed by atoms with Crippen molar-refractivity contribution in [2.24, 2.45) is 0 Å². The summed E-state index contributed by atoms with van der Waals surface area (Å²) in [4.78, 5) is 15.8. The number of aryl methyl sites for hydroxylation is 2. The number of benzene rings is 1. The molecular weight excluding hydrogens is 616 g/mol. The zero-order valence-electron chi connectivity index (χ0n) is 22.6. The SMILES string of the molecule is Cc1sccc1C1=C(c2cc(-c3cccc(OCCCOc4cccnc4C(=O)O)c3)sc2C)C(F)(F)C(F)(F)C1(F)F. The Hall–Kier alpha value is -3.84. The molecular formula is C30H23F6NO4S2. The van der Waals surface area contributed by atoms with E-state index in [2.05, 4.69) is 4.98 Å². The van der Waals surface area contributed by atoms with Gasteiger partial charge in [-0.3, -0.25) is 0 Å². The monoisotopic (exact) mass is 639 g/mol. The largest absolute Gasteiger partial charge is 0.493 e. The van der Waals surface area contributed by atoms with Gasteiger partial charge in [0.15, 0.2) is 11.4 Å². The Morgan fingerprint density at radius 1 is 0.884 bits per heavy atom. The standard InChI is InChI=1S/C30H23F6NO4S2/c1-16-20(9-13-42-16)24-25(29(33,34)30(35,36)28(24,31)32)21-15-23(43-17(21)2)18-6-3-7-19(14-18)40-11-5-12-41-22-8-4-10-37-26(22)27(38)39/h3-4,6-10,13-15H,5,11-12H2,1-2H3,(H,38,39). The van der Waals surface area contributed by atoms with Gasteiger partial charge in [0.25, 0.3) is 0 Å². The van der Waals surface area contributed by atoms with Crippen molar-refractivity contribution in [1.29, 1.82) is 0 Å². The van der Waals surface area contributed by atoms with Crippen LogP contribution in [-0.2, 0) is 0 Å². The van der Waals surface area contributed by atoms with E-state index >= 15 is 17.6 Å². The van der Waals surface area contributed by atoms with Crippen LogP contribution in [0.15, 0.2) is 60.1 Å². The summed E-state index contributed by atoms with van der Waals surface area (Å²) in [7, 11) is 0. The molecule has 0 saturated carbocycles. The quantitative estimate of drug-likeness (QED) is 0.139. The number of ether oxygens (including phenoxy) is 2. The molecule has 13 heteroatoms. The Morgan fingerprint density at radius 3 is 2.26 bits per heavy atom. The number of rotatable bonds is 10. The van der Waals surface area contributed by atoms with Crippen LogP contribution in [0.3, 0.4) is 0 Å². The highest BCUT2D eigenvalue weighted by atomic mass is 32.1. The third-order valence-electron chi connectivity index (χ3n) is 6.89. The Morgan fingerprint density at radius 2 is 1.58 bits per heavy atom. The fourth-order valence-corrected chi connectivity index (χ4v) is 6.52. The zero-order valence-corrected chi connectivity index (χ0v) is 24.2. The van der Waals surface area contributed by atoms with Gasteiger partial charge in [-0.2, -0.15) is 26.3 Å². The smallest absolute Gasteiger partial charge is 0.380 e. The van der Waals surface area contributed by atoms with Crippen molar-refractivity contribution in [2.45, 2.75) is 38.0 Å². The molecule has 0 amide bonds. The molecule has 5 rings (SSSR count). The first-order valence-corrected chi connectivity index (χ1v) is 14.5. The maximum absolute atomic E-state index is 15.2. The van der Waals surface area contributed by atoms with Gasteiger partial charge in [-0.15, -0.1) is 22.7 Å². The summed E-state index contributed by atoms with van der Waals surface area (Å²) < 4.78 is 101. The first-order chi connectivity index (χ1) is 20.3. The number of aromatic nitrogens is 1. The van der Waals surface area contributed by atoms with Gasteiger partial charge in [0.2, 0.25) is 0 Å². The molecule has 0 unspecified atom stereocenters. The normalized spacial score (nSPS) is 16.8. The van der Waals surface area contributed by atoms with Gasteiger partial charge in [0.1, 0.15) is 5.75 Å².